The molecule has 0 saturated heterocycles. The average molecular weight is 425 g/mol. The maximum absolute atomic E-state index is 13.2. The van der Waals surface area contributed by atoms with Gasteiger partial charge in [-0.2, -0.15) is 0 Å². The number of rotatable bonds is 5. The summed E-state index contributed by atoms with van der Waals surface area (Å²) in [6.45, 7) is 7.32. The normalized spacial score (nSPS) is 16.6. The van der Waals surface area contributed by atoms with Crippen LogP contribution >= 0.6 is 0 Å². The Bertz CT molecular complexity index is 1050. The van der Waals surface area contributed by atoms with Gasteiger partial charge in [0.05, 0.1) is 32.5 Å². The zero-order chi connectivity index (χ0) is 22.3. The summed E-state index contributed by atoms with van der Waals surface area (Å²) in [5.74, 6) is 2.97. The molecule has 2 aliphatic rings. The Kier molecular flexibility index (Phi) is 5.54. The SMILES string of the molecule is COc1cc(C=C2Oc3c4c(cc(C)c3C2=O)OCN(C(C)C)C4)cc(OC)c1OC. The summed E-state index contributed by atoms with van der Waals surface area (Å²) in [6.07, 6.45) is 1.70. The Balaban J connectivity index is 1.76. The van der Waals surface area contributed by atoms with E-state index in [0.717, 1.165) is 16.9 Å². The number of hydrogen-bond donors (Lipinski definition) is 0. The van der Waals surface area contributed by atoms with Crippen LogP contribution in [0, 0.1) is 6.92 Å². The number of ether oxygens (including phenoxy) is 5. The van der Waals surface area contributed by atoms with E-state index in [9.17, 15) is 4.79 Å². The molecular formula is C24H27NO6. The van der Waals surface area contributed by atoms with Gasteiger partial charge in [0.25, 0.3) is 0 Å². The maximum Gasteiger partial charge on any atom is 0.232 e. The fraction of sp³-hybridized carbons (Fsp3) is 0.375. The number of aryl methyl sites for hydroxylation is 1. The molecule has 0 saturated carbocycles. The number of carbonyl (C=O) groups excluding carboxylic acids is 1. The highest BCUT2D eigenvalue weighted by atomic mass is 16.5. The van der Waals surface area contributed by atoms with Gasteiger partial charge in [-0.1, -0.05) is 0 Å². The second kappa shape index (κ2) is 8.15. The molecule has 4 rings (SSSR count). The first-order valence-corrected chi connectivity index (χ1v) is 10.2. The van der Waals surface area contributed by atoms with Crippen molar-refractivity contribution in [3.8, 4) is 28.7 Å². The summed E-state index contributed by atoms with van der Waals surface area (Å²) in [5.41, 5.74) is 3.04. The smallest absolute Gasteiger partial charge is 0.232 e. The minimum Gasteiger partial charge on any atom is -0.493 e. The molecule has 0 atom stereocenters. The summed E-state index contributed by atoms with van der Waals surface area (Å²) in [7, 11) is 4.65. The zero-order valence-electron chi connectivity index (χ0n) is 18.7. The summed E-state index contributed by atoms with van der Waals surface area (Å²) >= 11 is 0. The van der Waals surface area contributed by atoms with E-state index in [-0.39, 0.29) is 11.5 Å². The summed E-state index contributed by atoms with van der Waals surface area (Å²) < 4.78 is 28.3. The molecule has 0 fully saturated rings. The van der Waals surface area contributed by atoms with Crippen LogP contribution in [0.15, 0.2) is 24.0 Å². The highest BCUT2D eigenvalue weighted by Gasteiger charge is 2.35. The summed E-state index contributed by atoms with van der Waals surface area (Å²) in [5, 5.41) is 0. The minimum absolute atomic E-state index is 0.147. The van der Waals surface area contributed by atoms with Gasteiger partial charge in [0.1, 0.15) is 18.2 Å². The third-order valence-corrected chi connectivity index (χ3v) is 5.67. The van der Waals surface area contributed by atoms with Gasteiger partial charge in [-0.3, -0.25) is 9.69 Å². The average Bonchev–Trinajstić information content (AvgIpc) is 3.09. The molecule has 0 aromatic heterocycles. The van der Waals surface area contributed by atoms with Gasteiger partial charge in [0.15, 0.2) is 17.3 Å². The molecule has 2 aliphatic heterocycles. The number of allylic oxidation sites excluding steroid dienone is 1. The van der Waals surface area contributed by atoms with Crippen molar-refractivity contribution in [3.63, 3.8) is 0 Å². The van der Waals surface area contributed by atoms with Crippen LogP contribution in [0.4, 0.5) is 0 Å². The lowest BCUT2D eigenvalue weighted by Crippen LogP contribution is -2.37. The number of methoxy groups -OCH3 is 3. The van der Waals surface area contributed by atoms with E-state index in [1.54, 1.807) is 39.5 Å². The van der Waals surface area contributed by atoms with E-state index in [2.05, 4.69) is 18.7 Å². The number of Topliss-reactive ketones (excluding diaryl/α,β-unsaturated/α-hetero) is 1. The van der Waals surface area contributed by atoms with Crippen LogP contribution in [-0.2, 0) is 6.54 Å². The molecule has 0 bridgehead atoms. The van der Waals surface area contributed by atoms with Crippen LogP contribution in [0.5, 0.6) is 28.7 Å². The third kappa shape index (κ3) is 3.59. The summed E-state index contributed by atoms with van der Waals surface area (Å²) in [4.78, 5) is 15.4. The van der Waals surface area contributed by atoms with Gasteiger partial charge in [-0.15, -0.1) is 0 Å². The highest BCUT2D eigenvalue weighted by Crippen LogP contribution is 2.45. The second-order valence-electron chi connectivity index (χ2n) is 7.89. The lowest BCUT2D eigenvalue weighted by atomic mass is 9.98. The van der Waals surface area contributed by atoms with Crippen molar-refractivity contribution in [2.45, 2.75) is 33.4 Å². The molecule has 0 radical (unpaired) electrons. The molecule has 31 heavy (non-hydrogen) atoms. The highest BCUT2D eigenvalue weighted by molar-refractivity contribution is 6.16. The molecular weight excluding hydrogens is 398 g/mol. The van der Waals surface area contributed by atoms with Gasteiger partial charge < -0.3 is 23.7 Å². The Morgan fingerprint density at radius 3 is 2.32 bits per heavy atom. The lowest BCUT2D eigenvalue weighted by molar-refractivity contribution is 0.0673. The van der Waals surface area contributed by atoms with E-state index in [1.165, 1.54) is 0 Å². The third-order valence-electron chi connectivity index (χ3n) is 5.67. The lowest BCUT2D eigenvalue weighted by Gasteiger charge is -2.32. The van der Waals surface area contributed by atoms with E-state index in [4.69, 9.17) is 23.7 Å². The predicted molar refractivity (Wildman–Crippen MR) is 116 cm³/mol. The first-order chi connectivity index (χ1) is 14.9. The van der Waals surface area contributed by atoms with Gasteiger partial charge in [0, 0.05) is 12.6 Å². The van der Waals surface area contributed by atoms with E-state index >= 15 is 0 Å². The Hall–Kier alpha value is -3.19. The Labute approximate surface area is 182 Å². The maximum atomic E-state index is 13.2. The van der Waals surface area contributed by atoms with Crippen LogP contribution < -0.4 is 23.7 Å². The number of hydrogen-bond acceptors (Lipinski definition) is 7. The number of benzene rings is 2. The van der Waals surface area contributed by atoms with Crippen LogP contribution in [0.1, 0.15) is 40.9 Å². The predicted octanol–water partition coefficient (Wildman–Crippen LogP) is 4.20. The molecule has 0 spiro atoms. The number of nitrogens with zero attached hydrogens (tertiary/aromatic N) is 1. The molecule has 7 nitrogen and oxygen atoms in total. The molecule has 7 heteroatoms. The van der Waals surface area contributed by atoms with Crippen LogP contribution in [0.2, 0.25) is 0 Å². The van der Waals surface area contributed by atoms with Crippen molar-refractivity contribution < 1.29 is 28.5 Å². The minimum atomic E-state index is -0.147. The molecule has 0 amide bonds. The molecule has 0 aliphatic carbocycles. The molecule has 2 aromatic carbocycles. The monoisotopic (exact) mass is 425 g/mol. The van der Waals surface area contributed by atoms with Crippen molar-refractivity contribution in [2.24, 2.45) is 0 Å². The van der Waals surface area contributed by atoms with Crippen molar-refractivity contribution in [1.29, 1.82) is 0 Å². The van der Waals surface area contributed by atoms with Gasteiger partial charge >= 0.3 is 0 Å². The summed E-state index contributed by atoms with van der Waals surface area (Å²) in [6, 6.07) is 5.80. The first kappa shape index (κ1) is 21.1. The van der Waals surface area contributed by atoms with E-state index in [0.29, 0.717) is 53.4 Å². The number of fused-ring (bicyclic) bond motifs is 3. The Morgan fingerprint density at radius 2 is 1.74 bits per heavy atom. The fourth-order valence-corrected chi connectivity index (χ4v) is 3.91. The molecule has 2 aromatic rings. The van der Waals surface area contributed by atoms with Crippen LogP contribution in [0.25, 0.3) is 6.08 Å². The number of carbonyl (C=O) groups is 1. The van der Waals surface area contributed by atoms with Crippen molar-refractivity contribution in [3.05, 3.63) is 46.2 Å². The molecule has 164 valence electrons. The standard InChI is InChI=1S/C24H27NO6/c1-13(2)25-11-16-17(30-12-25)7-14(3)21-22(26)18(31-23(16)21)8-15-9-19(27-4)24(29-6)20(10-15)28-5/h7-10,13H,11-12H2,1-6H3. The number of ketones is 1. The van der Waals surface area contributed by atoms with Crippen LogP contribution in [-0.4, -0.2) is 44.8 Å². The van der Waals surface area contributed by atoms with Crippen molar-refractivity contribution >= 4 is 11.9 Å². The van der Waals surface area contributed by atoms with E-state index in [1.807, 2.05) is 13.0 Å². The first-order valence-electron chi connectivity index (χ1n) is 10.2. The quantitative estimate of drug-likeness (QED) is 0.665. The Morgan fingerprint density at radius 1 is 1.06 bits per heavy atom. The molecule has 0 N–H and O–H groups in total. The topological polar surface area (TPSA) is 66.5 Å². The molecule has 0 unspecified atom stereocenters. The van der Waals surface area contributed by atoms with E-state index < -0.39 is 0 Å². The van der Waals surface area contributed by atoms with Gasteiger partial charge in [0.2, 0.25) is 11.5 Å². The van der Waals surface area contributed by atoms with Crippen molar-refractivity contribution in [2.75, 3.05) is 28.1 Å². The van der Waals surface area contributed by atoms with Crippen LogP contribution in [0.3, 0.4) is 0 Å². The second-order valence-corrected chi connectivity index (χ2v) is 7.89. The van der Waals surface area contributed by atoms with Crippen molar-refractivity contribution in [1.82, 2.24) is 4.90 Å². The largest absolute Gasteiger partial charge is 0.493 e. The van der Waals surface area contributed by atoms with Gasteiger partial charge in [-0.25, -0.2) is 0 Å². The molecule has 2 heterocycles. The van der Waals surface area contributed by atoms with Gasteiger partial charge in [-0.05, 0) is 56.2 Å². The zero-order valence-corrected chi connectivity index (χ0v) is 18.7. The fourth-order valence-electron chi connectivity index (χ4n) is 3.91.